The summed E-state index contributed by atoms with van der Waals surface area (Å²) in [5, 5.41) is 0. The van der Waals surface area contributed by atoms with Gasteiger partial charge in [0, 0.05) is 25.7 Å². The maximum Gasteiger partial charge on any atom is 0.253 e. The van der Waals surface area contributed by atoms with E-state index in [9.17, 15) is 9.18 Å². The van der Waals surface area contributed by atoms with Gasteiger partial charge in [-0.2, -0.15) is 0 Å². The topological polar surface area (TPSA) is 46.3 Å². The largest absolute Gasteiger partial charge is 0.337 e. The Bertz CT molecular complexity index is 638. The molecule has 4 heteroatoms. The summed E-state index contributed by atoms with van der Waals surface area (Å²) in [7, 11) is 1.73. The number of aryl methyl sites for hydroxylation is 1. The highest BCUT2D eigenvalue weighted by Gasteiger charge is 2.13. The summed E-state index contributed by atoms with van der Waals surface area (Å²) >= 11 is 0. The molecule has 110 valence electrons. The Labute approximate surface area is 124 Å². The summed E-state index contributed by atoms with van der Waals surface area (Å²) in [6, 6.07) is 12.2. The Morgan fingerprint density at radius 3 is 2.33 bits per heavy atom. The molecule has 0 bridgehead atoms. The molecule has 0 aromatic heterocycles. The minimum absolute atomic E-state index is 0.124. The second-order valence-corrected chi connectivity index (χ2v) is 5.15. The van der Waals surface area contributed by atoms with Crippen LogP contribution in [0.5, 0.6) is 0 Å². The summed E-state index contributed by atoms with van der Waals surface area (Å²) in [5.41, 5.74) is 8.61. The molecule has 2 N–H and O–H groups in total. The summed E-state index contributed by atoms with van der Waals surface area (Å²) in [6.45, 7) is 2.65. The number of carbonyl (C=O) groups excluding carboxylic acids is 1. The molecule has 0 saturated carbocycles. The van der Waals surface area contributed by atoms with Crippen LogP contribution in [0.4, 0.5) is 4.39 Å². The highest BCUT2D eigenvalue weighted by atomic mass is 19.1. The highest BCUT2D eigenvalue weighted by Crippen LogP contribution is 2.13. The summed E-state index contributed by atoms with van der Waals surface area (Å²) in [4.78, 5) is 13.9. The van der Waals surface area contributed by atoms with Crippen LogP contribution in [0.15, 0.2) is 42.5 Å². The molecule has 0 unspecified atom stereocenters. The molecule has 0 aliphatic heterocycles. The molecule has 0 heterocycles. The Morgan fingerprint density at radius 2 is 1.76 bits per heavy atom. The van der Waals surface area contributed by atoms with Gasteiger partial charge in [-0.15, -0.1) is 0 Å². The zero-order chi connectivity index (χ0) is 15.4. The zero-order valence-electron chi connectivity index (χ0n) is 12.3. The third kappa shape index (κ3) is 3.67. The lowest BCUT2D eigenvalue weighted by Gasteiger charge is -2.18. The fraction of sp³-hybridized carbons (Fsp3) is 0.235. The molecule has 3 nitrogen and oxygen atoms in total. The molecule has 2 rings (SSSR count). The molecule has 0 fully saturated rings. The summed E-state index contributed by atoms with van der Waals surface area (Å²) < 4.78 is 13.2. The number of rotatable bonds is 4. The molecule has 0 spiro atoms. The standard InChI is InChI=1S/C17H19FN2O/c1-12-9-15(7-8-16(12)18)17(21)20(2)11-14-5-3-13(10-19)4-6-14/h3-9H,10-11,19H2,1-2H3. The van der Waals surface area contributed by atoms with E-state index in [0.717, 1.165) is 11.1 Å². The van der Waals surface area contributed by atoms with Crippen molar-refractivity contribution in [3.63, 3.8) is 0 Å². The Morgan fingerprint density at radius 1 is 1.14 bits per heavy atom. The number of nitrogens with zero attached hydrogens (tertiary/aromatic N) is 1. The lowest BCUT2D eigenvalue weighted by molar-refractivity contribution is 0.0785. The molecule has 2 aromatic carbocycles. The van der Waals surface area contributed by atoms with Crippen molar-refractivity contribution in [3.05, 3.63) is 70.5 Å². The van der Waals surface area contributed by atoms with Gasteiger partial charge in [0.2, 0.25) is 0 Å². The zero-order valence-corrected chi connectivity index (χ0v) is 12.3. The average molecular weight is 286 g/mol. The number of hydrogen-bond donors (Lipinski definition) is 1. The third-order valence-electron chi connectivity index (χ3n) is 3.43. The van der Waals surface area contributed by atoms with E-state index in [2.05, 4.69) is 0 Å². The second-order valence-electron chi connectivity index (χ2n) is 5.15. The maximum atomic E-state index is 13.2. The molecule has 0 atom stereocenters. The van der Waals surface area contributed by atoms with Crippen LogP contribution in [-0.4, -0.2) is 17.9 Å². The lowest BCUT2D eigenvalue weighted by atomic mass is 10.1. The quantitative estimate of drug-likeness (QED) is 0.939. The van der Waals surface area contributed by atoms with Gasteiger partial charge in [0.25, 0.3) is 5.91 Å². The van der Waals surface area contributed by atoms with Gasteiger partial charge in [-0.05, 0) is 41.8 Å². The summed E-state index contributed by atoms with van der Waals surface area (Å²) in [6.07, 6.45) is 0. The highest BCUT2D eigenvalue weighted by molar-refractivity contribution is 5.94. The number of halogens is 1. The van der Waals surface area contributed by atoms with Gasteiger partial charge >= 0.3 is 0 Å². The number of hydrogen-bond acceptors (Lipinski definition) is 2. The number of amides is 1. The van der Waals surface area contributed by atoms with Crippen molar-refractivity contribution in [2.24, 2.45) is 5.73 Å². The molecule has 21 heavy (non-hydrogen) atoms. The van der Waals surface area contributed by atoms with Crippen molar-refractivity contribution in [3.8, 4) is 0 Å². The average Bonchev–Trinajstić information content (AvgIpc) is 2.50. The van der Waals surface area contributed by atoms with Crippen LogP contribution in [0.3, 0.4) is 0 Å². The lowest BCUT2D eigenvalue weighted by Crippen LogP contribution is -2.26. The minimum atomic E-state index is -0.299. The van der Waals surface area contributed by atoms with Crippen LogP contribution in [0.1, 0.15) is 27.0 Å². The fourth-order valence-corrected chi connectivity index (χ4v) is 2.12. The van der Waals surface area contributed by atoms with Crippen molar-refractivity contribution in [1.29, 1.82) is 0 Å². The van der Waals surface area contributed by atoms with E-state index in [0.29, 0.717) is 24.2 Å². The first kappa shape index (κ1) is 15.2. The van der Waals surface area contributed by atoms with Gasteiger partial charge in [-0.3, -0.25) is 4.79 Å². The summed E-state index contributed by atoms with van der Waals surface area (Å²) in [5.74, 6) is -0.424. The van der Waals surface area contributed by atoms with Gasteiger partial charge in [-0.1, -0.05) is 24.3 Å². The van der Waals surface area contributed by atoms with E-state index in [1.807, 2.05) is 24.3 Å². The Hall–Kier alpha value is -2.20. The number of nitrogens with two attached hydrogens (primary N) is 1. The van der Waals surface area contributed by atoms with Gasteiger partial charge in [0.15, 0.2) is 0 Å². The molecular weight excluding hydrogens is 267 g/mol. The van der Waals surface area contributed by atoms with Crippen LogP contribution in [-0.2, 0) is 13.1 Å². The van der Waals surface area contributed by atoms with Crippen LogP contribution >= 0.6 is 0 Å². The van der Waals surface area contributed by atoms with Crippen LogP contribution in [0, 0.1) is 12.7 Å². The SMILES string of the molecule is Cc1cc(C(=O)N(C)Cc2ccc(CN)cc2)ccc1F. The molecule has 0 radical (unpaired) electrons. The second kappa shape index (κ2) is 6.50. The first-order chi connectivity index (χ1) is 10.0. The smallest absolute Gasteiger partial charge is 0.253 e. The van der Waals surface area contributed by atoms with Crippen molar-refractivity contribution in [2.75, 3.05) is 7.05 Å². The molecule has 1 amide bonds. The fourth-order valence-electron chi connectivity index (χ4n) is 2.12. The Balaban J connectivity index is 2.09. The van der Waals surface area contributed by atoms with Gasteiger partial charge in [0.05, 0.1) is 0 Å². The monoisotopic (exact) mass is 286 g/mol. The van der Waals surface area contributed by atoms with Crippen LogP contribution in [0.2, 0.25) is 0 Å². The first-order valence-corrected chi connectivity index (χ1v) is 6.80. The van der Waals surface area contributed by atoms with E-state index in [1.165, 1.54) is 12.1 Å². The predicted octanol–water partition coefficient (Wildman–Crippen LogP) is 2.87. The Kier molecular flexibility index (Phi) is 4.70. The van der Waals surface area contributed by atoms with Crippen molar-refractivity contribution in [2.45, 2.75) is 20.0 Å². The molecule has 0 saturated heterocycles. The molecule has 0 aliphatic rings. The van der Waals surface area contributed by atoms with Crippen LogP contribution < -0.4 is 5.73 Å². The van der Waals surface area contributed by atoms with Gasteiger partial charge < -0.3 is 10.6 Å². The van der Waals surface area contributed by atoms with E-state index in [4.69, 9.17) is 5.73 Å². The normalized spacial score (nSPS) is 10.5. The predicted molar refractivity (Wildman–Crippen MR) is 81.3 cm³/mol. The molecular formula is C17H19FN2O. The minimum Gasteiger partial charge on any atom is -0.337 e. The van der Waals surface area contributed by atoms with Crippen molar-refractivity contribution < 1.29 is 9.18 Å². The van der Waals surface area contributed by atoms with E-state index in [1.54, 1.807) is 24.9 Å². The van der Waals surface area contributed by atoms with E-state index < -0.39 is 0 Å². The van der Waals surface area contributed by atoms with Gasteiger partial charge in [-0.25, -0.2) is 4.39 Å². The third-order valence-corrected chi connectivity index (χ3v) is 3.43. The molecule has 2 aromatic rings. The number of benzene rings is 2. The van der Waals surface area contributed by atoms with Crippen molar-refractivity contribution in [1.82, 2.24) is 4.90 Å². The first-order valence-electron chi connectivity index (χ1n) is 6.80. The maximum absolute atomic E-state index is 13.2. The van der Waals surface area contributed by atoms with Gasteiger partial charge in [0.1, 0.15) is 5.82 Å². The van der Waals surface area contributed by atoms with Crippen LogP contribution in [0.25, 0.3) is 0 Å². The van der Waals surface area contributed by atoms with Crippen molar-refractivity contribution >= 4 is 5.91 Å². The number of carbonyl (C=O) groups is 1. The molecule has 0 aliphatic carbocycles. The van der Waals surface area contributed by atoms with E-state index in [-0.39, 0.29) is 11.7 Å². The van der Waals surface area contributed by atoms with E-state index >= 15 is 0 Å².